The molecule has 178 valence electrons. The molecule has 37 heavy (non-hydrogen) atoms. The van der Waals surface area contributed by atoms with E-state index in [4.69, 9.17) is 4.42 Å². The largest absolute Gasteiger partial charge is 0.455 e. The van der Waals surface area contributed by atoms with Gasteiger partial charge in [-0.25, -0.2) is 0 Å². The SMILES string of the molecule is c1ccc2c(c1)CCC1CCc3cc(-c4ccc(-c5cccc6c5oc5ccccc56)cc4)ccc3N21. The van der Waals surface area contributed by atoms with Crippen molar-refractivity contribution in [1.29, 1.82) is 0 Å². The van der Waals surface area contributed by atoms with Gasteiger partial charge in [-0.3, -0.25) is 0 Å². The zero-order valence-corrected chi connectivity index (χ0v) is 20.7. The van der Waals surface area contributed by atoms with Gasteiger partial charge in [0.1, 0.15) is 11.2 Å². The van der Waals surface area contributed by atoms with Gasteiger partial charge in [-0.1, -0.05) is 84.9 Å². The maximum Gasteiger partial charge on any atom is 0.143 e. The third-order valence-corrected chi connectivity index (χ3v) is 8.38. The molecule has 5 aromatic carbocycles. The van der Waals surface area contributed by atoms with Gasteiger partial charge in [0.15, 0.2) is 0 Å². The summed E-state index contributed by atoms with van der Waals surface area (Å²) < 4.78 is 6.28. The highest BCUT2D eigenvalue weighted by molar-refractivity contribution is 6.09. The van der Waals surface area contributed by atoms with E-state index < -0.39 is 0 Å². The molecule has 3 heterocycles. The topological polar surface area (TPSA) is 16.4 Å². The van der Waals surface area contributed by atoms with Crippen molar-refractivity contribution in [3.63, 3.8) is 0 Å². The molecule has 0 amide bonds. The second-order valence-corrected chi connectivity index (χ2v) is 10.4. The van der Waals surface area contributed by atoms with E-state index in [1.165, 1.54) is 69.2 Å². The molecule has 2 aliphatic rings. The van der Waals surface area contributed by atoms with E-state index in [9.17, 15) is 0 Å². The fourth-order valence-electron chi connectivity index (χ4n) is 6.54. The molecule has 0 saturated carbocycles. The molecule has 2 aliphatic heterocycles. The Morgan fingerprint density at radius 2 is 1.27 bits per heavy atom. The number of anilines is 2. The van der Waals surface area contributed by atoms with Crippen LogP contribution in [0.5, 0.6) is 0 Å². The molecule has 2 nitrogen and oxygen atoms in total. The number of para-hydroxylation sites is 3. The molecule has 0 fully saturated rings. The molecule has 0 spiro atoms. The Kier molecular flexibility index (Phi) is 4.57. The lowest BCUT2D eigenvalue weighted by Crippen LogP contribution is -2.39. The van der Waals surface area contributed by atoms with Crippen LogP contribution in [0.25, 0.3) is 44.2 Å². The van der Waals surface area contributed by atoms with Gasteiger partial charge < -0.3 is 9.32 Å². The second kappa shape index (κ2) is 8.11. The minimum atomic E-state index is 0.619. The number of hydrogen-bond donors (Lipinski definition) is 0. The summed E-state index contributed by atoms with van der Waals surface area (Å²) in [5.41, 5.74) is 12.5. The standard InChI is InChI=1S/C35H27NO/c1-3-10-32-25(6-1)16-19-28-20-17-27-22-26(18-21-33(27)36(28)32)23-12-14-24(15-13-23)29-8-5-9-31-30-7-2-4-11-34(30)37-35(29)31/h1-15,18,21-22,28H,16-17,19-20H2. The van der Waals surface area contributed by atoms with Crippen LogP contribution in [0.3, 0.4) is 0 Å². The summed E-state index contributed by atoms with van der Waals surface area (Å²) in [6.07, 6.45) is 4.82. The van der Waals surface area contributed by atoms with Crippen LogP contribution >= 0.6 is 0 Å². The summed E-state index contributed by atoms with van der Waals surface area (Å²) in [5, 5.41) is 2.34. The first kappa shape index (κ1) is 20.8. The van der Waals surface area contributed by atoms with Crippen molar-refractivity contribution >= 4 is 33.3 Å². The Labute approximate surface area is 216 Å². The Morgan fingerprint density at radius 3 is 2.19 bits per heavy atom. The summed E-state index contributed by atoms with van der Waals surface area (Å²) in [5.74, 6) is 0. The lowest BCUT2D eigenvalue weighted by atomic mass is 9.86. The third-order valence-electron chi connectivity index (χ3n) is 8.38. The maximum atomic E-state index is 6.28. The number of hydrogen-bond acceptors (Lipinski definition) is 2. The highest BCUT2D eigenvalue weighted by atomic mass is 16.3. The summed E-state index contributed by atoms with van der Waals surface area (Å²) in [6.45, 7) is 0. The Morgan fingerprint density at radius 1 is 0.568 bits per heavy atom. The summed E-state index contributed by atoms with van der Waals surface area (Å²) in [4.78, 5) is 2.61. The van der Waals surface area contributed by atoms with Crippen LogP contribution in [0.2, 0.25) is 0 Å². The van der Waals surface area contributed by atoms with Crippen LogP contribution in [0.1, 0.15) is 24.0 Å². The van der Waals surface area contributed by atoms with E-state index in [-0.39, 0.29) is 0 Å². The van der Waals surface area contributed by atoms with Crippen LogP contribution in [0, 0.1) is 0 Å². The van der Waals surface area contributed by atoms with Gasteiger partial charge in [0.2, 0.25) is 0 Å². The molecule has 0 saturated heterocycles. The zero-order chi connectivity index (χ0) is 24.3. The Hall–Kier alpha value is -4.30. The van der Waals surface area contributed by atoms with E-state index in [1.54, 1.807) is 0 Å². The molecule has 0 aliphatic carbocycles. The first-order chi connectivity index (χ1) is 18.3. The van der Waals surface area contributed by atoms with Crippen molar-refractivity contribution < 1.29 is 4.42 Å². The normalized spacial score (nSPS) is 16.4. The number of furan rings is 1. The highest BCUT2D eigenvalue weighted by Gasteiger charge is 2.31. The predicted molar refractivity (Wildman–Crippen MR) is 154 cm³/mol. The van der Waals surface area contributed by atoms with Crippen molar-refractivity contribution in [2.45, 2.75) is 31.7 Å². The fourth-order valence-corrected chi connectivity index (χ4v) is 6.54. The van der Waals surface area contributed by atoms with Crippen molar-refractivity contribution in [3.8, 4) is 22.3 Å². The van der Waals surface area contributed by atoms with E-state index in [1.807, 2.05) is 12.1 Å². The molecule has 0 radical (unpaired) electrons. The summed E-state index contributed by atoms with van der Waals surface area (Å²) >= 11 is 0. The molecule has 1 aromatic heterocycles. The van der Waals surface area contributed by atoms with Gasteiger partial charge >= 0.3 is 0 Å². The van der Waals surface area contributed by atoms with Crippen molar-refractivity contribution in [2.75, 3.05) is 4.90 Å². The van der Waals surface area contributed by atoms with E-state index in [2.05, 4.69) is 102 Å². The highest BCUT2D eigenvalue weighted by Crippen LogP contribution is 2.44. The van der Waals surface area contributed by atoms with E-state index >= 15 is 0 Å². The van der Waals surface area contributed by atoms with Gasteiger partial charge in [-0.2, -0.15) is 0 Å². The molecule has 0 N–H and O–H groups in total. The van der Waals surface area contributed by atoms with Gasteiger partial charge in [-0.05, 0) is 77.8 Å². The molecule has 8 rings (SSSR count). The Balaban J connectivity index is 1.16. The monoisotopic (exact) mass is 477 g/mol. The number of nitrogens with zero attached hydrogens (tertiary/aromatic N) is 1. The maximum absolute atomic E-state index is 6.28. The van der Waals surface area contributed by atoms with Crippen molar-refractivity contribution in [2.24, 2.45) is 0 Å². The molecule has 1 unspecified atom stereocenters. The summed E-state index contributed by atoms with van der Waals surface area (Å²) in [7, 11) is 0. The first-order valence-electron chi connectivity index (χ1n) is 13.3. The quantitative estimate of drug-likeness (QED) is 0.247. The molecule has 0 bridgehead atoms. The number of rotatable bonds is 2. The minimum absolute atomic E-state index is 0.619. The van der Waals surface area contributed by atoms with Crippen molar-refractivity contribution in [3.05, 3.63) is 120 Å². The van der Waals surface area contributed by atoms with Gasteiger partial charge in [0.05, 0.1) is 0 Å². The molecular formula is C35H27NO. The van der Waals surface area contributed by atoms with Gasteiger partial charge in [0, 0.05) is 33.8 Å². The van der Waals surface area contributed by atoms with Crippen LogP contribution < -0.4 is 4.90 Å². The number of aryl methyl sites for hydroxylation is 2. The van der Waals surface area contributed by atoms with Crippen LogP contribution in [-0.2, 0) is 12.8 Å². The van der Waals surface area contributed by atoms with Gasteiger partial charge in [0.25, 0.3) is 0 Å². The second-order valence-electron chi connectivity index (χ2n) is 10.4. The molecule has 1 atom stereocenters. The predicted octanol–water partition coefficient (Wildman–Crippen LogP) is 9.32. The van der Waals surface area contributed by atoms with E-state index in [0.29, 0.717) is 6.04 Å². The molecular weight excluding hydrogens is 450 g/mol. The lowest BCUT2D eigenvalue weighted by molar-refractivity contribution is 0.518. The smallest absolute Gasteiger partial charge is 0.143 e. The lowest BCUT2D eigenvalue weighted by Gasteiger charge is -2.43. The van der Waals surface area contributed by atoms with Crippen LogP contribution in [-0.4, -0.2) is 6.04 Å². The molecule has 6 aromatic rings. The fraction of sp³-hybridized carbons (Fsp3) is 0.143. The minimum Gasteiger partial charge on any atom is -0.455 e. The Bertz CT molecular complexity index is 1790. The third kappa shape index (κ3) is 3.25. The number of fused-ring (bicyclic) bond motifs is 8. The average Bonchev–Trinajstić information content (AvgIpc) is 3.35. The van der Waals surface area contributed by atoms with Crippen LogP contribution in [0.4, 0.5) is 11.4 Å². The van der Waals surface area contributed by atoms with Crippen LogP contribution in [0.15, 0.2) is 114 Å². The summed E-state index contributed by atoms with van der Waals surface area (Å²) in [6, 6.07) is 40.3. The van der Waals surface area contributed by atoms with Crippen molar-refractivity contribution in [1.82, 2.24) is 0 Å². The number of benzene rings is 5. The first-order valence-corrected chi connectivity index (χ1v) is 13.3. The van der Waals surface area contributed by atoms with Gasteiger partial charge in [-0.15, -0.1) is 0 Å². The zero-order valence-electron chi connectivity index (χ0n) is 20.7. The van der Waals surface area contributed by atoms with E-state index in [0.717, 1.165) is 23.2 Å². The molecule has 2 heteroatoms. The average molecular weight is 478 g/mol.